The minimum atomic E-state index is 0.0845. The smallest absolute Gasteiger partial charge is 0.127 e. The van der Waals surface area contributed by atoms with E-state index in [9.17, 15) is 0 Å². The highest BCUT2D eigenvalue weighted by atomic mass is 15.2. The van der Waals surface area contributed by atoms with Gasteiger partial charge >= 0.3 is 0 Å². The van der Waals surface area contributed by atoms with Gasteiger partial charge in [0.1, 0.15) is 11.6 Å². The molecule has 1 aliphatic carbocycles. The molecule has 0 bridgehead atoms. The van der Waals surface area contributed by atoms with Crippen LogP contribution in [0.25, 0.3) is 0 Å². The van der Waals surface area contributed by atoms with E-state index in [0.29, 0.717) is 6.04 Å². The second-order valence-electron chi connectivity index (χ2n) is 6.22. The summed E-state index contributed by atoms with van der Waals surface area (Å²) >= 11 is 0. The molecule has 0 radical (unpaired) electrons. The molecule has 0 unspecified atom stereocenters. The topological polar surface area (TPSA) is 43.8 Å². The van der Waals surface area contributed by atoms with E-state index in [-0.39, 0.29) is 5.41 Å². The summed E-state index contributed by atoms with van der Waals surface area (Å²) < 4.78 is 2.30. The third kappa shape index (κ3) is 2.48. The average molecular weight is 235 g/mol. The van der Waals surface area contributed by atoms with Crippen LogP contribution < -0.4 is 5.73 Å². The lowest BCUT2D eigenvalue weighted by molar-refractivity contribution is 0.503. The summed E-state index contributed by atoms with van der Waals surface area (Å²) in [5.41, 5.74) is 7.48. The monoisotopic (exact) mass is 235 g/mol. The lowest BCUT2D eigenvalue weighted by Gasteiger charge is -2.20. The number of anilines is 1. The van der Waals surface area contributed by atoms with Crippen LogP contribution >= 0.6 is 0 Å². The van der Waals surface area contributed by atoms with E-state index in [0.717, 1.165) is 17.9 Å². The van der Waals surface area contributed by atoms with E-state index in [1.54, 1.807) is 0 Å². The molecule has 0 amide bonds. The van der Waals surface area contributed by atoms with Crippen molar-refractivity contribution >= 4 is 5.82 Å². The predicted molar refractivity (Wildman–Crippen MR) is 72.2 cm³/mol. The molecule has 1 aromatic heterocycles. The van der Waals surface area contributed by atoms with E-state index in [2.05, 4.69) is 32.3 Å². The number of hydrogen-bond acceptors (Lipinski definition) is 2. The summed E-state index contributed by atoms with van der Waals surface area (Å²) in [7, 11) is 0. The quantitative estimate of drug-likeness (QED) is 0.868. The lowest BCUT2D eigenvalue weighted by atomic mass is 9.95. The van der Waals surface area contributed by atoms with Crippen LogP contribution in [0, 0.1) is 0 Å². The van der Waals surface area contributed by atoms with Crippen LogP contribution in [0.5, 0.6) is 0 Å². The zero-order valence-corrected chi connectivity index (χ0v) is 11.6. The van der Waals surface area contributed by atoms with E-state index < -0.39 is 0 Å². The molecule has 2 rings (SSSR count). The second-order valence-corrected chi connectivity index (χ2v) is 6.22. The van der Waals surface area contributed by atoms with Crippen molar-refractivity contribution < 1.29 is 0 Å². The highest BCUT2D eigenvalue weighted by molar-refractivity contribution is 5.41. The molecular formula is C14H25N3. The van der Waals surface area contributed by atoms with Crippen molar-refractivity contribution in [3.63, 3.8) is 0 Å². The normalized spacial score (nSPS) is 16.5. The number of hydrogen-bond donors (Lipinski definition) is 1. The highest BCUT2D eigenvalue weighted by Gasteiger charge is 2.33. The van der Waals surface area contributed by atoms with E-state index in [4.69, 9.17) is 10.7 Å². The van der Waals surface area contributed by atoms with Crippen LogP contribution in [0.3, 0.4) is 0 Å². The van der Waals surface area contributed by atoms with Crippen LogP contribution in [0.2, 0.25) is 0 Å². The summed E-state index contributed by atoms with van der Waals surface area (Å²) in [6.45, 7) is 8.87. The zero-order valence-electron chi connectivity index (χ0n) is 11.6. The highest BCUT2D eigenvalue weighted by Crippen LogP contribution is 2.41. The van der Waals surface area contributed by atoms with E-state index >= 15 is 0 Å². The van der Waals surface area contributed by atoms with E-state index in [1.807, 2.05) is 0 Å². The molecule has 17 heavy (non-hydrogen) atoms. The predicted octanol–water partition coefficient (Wildman–Crippen LogP) is 3.44. The Morgan fingerprint density at radius 2 is 2.00 bits per heavy atom. The van der Waals surface area contributed by atoms with Gasteiger partial charge in [0.2, 0.25) is 0 Å². The first-order valence-electron chi connectivity index (χ1n) is 6.82. The number of unbranched alkanes of at least 4 members (excludes halogenated alkanes) is 1. The Kier molecular flexibility index (Phi) is 3.19. The lowest BCUT2D eigenvalue weighted by Crippen LogP contribution is -2.19. The number of imidazole rings is 1. The minimum Gasteiger partial charge on any atom is -0.384 e. The first-order chi connectivity index (χ1) is 7.95. The summed E-state index contributed by atoms with van der Waals surface area (Å²) in [6, 6.07) is 0.618. The molecule has 3 heteroatoms. The largest absolute Gasteiger partial charge is 0.384 e. The Hall–Kier alpha value is -0.990. The van der Waals surface area contributed by atoms with Crippen molar-refractivity contribution in [2.75, 3.05) is 5.73 Å². The fourth-order valence-electron chi connectivity index (χ4n) is 2.25. The standard InChI is InChI=1S/C14H25N3/c1-5-6-7-11-12(15)17(10-8-9-10)13(16-11)14(2,3)4/h10H,5-9,15H2,1-4H3. The van der Waals surface area contributed by atoms with Crippen LogP contribution in [0.4, 0.5) is 5.82 Å². The molecule has 96 valence electrons. The minimum absolute atomic E-state index is 0.0845. The Labute approximate surface area is 104 Å². The third-order valence-corrected chi connectivity index (χ3v) is 3.37. The van der Waals surface area contributed by atoms with Gasteiger partial charge in [-0.25, -0.2) is 4.98 Å². The summed E-state index contributed by atoms with van der Waals surface area (Å²) in [5, 5.41) is 0. The zero-order chi connectivity index (χ0) is 12.6. The van der Waals surface area contributed by atoms with Gasteiger partial charge < -0.3 is 10.3 Å². The number of nitrogen functional groups attached to an aromatic ring is 1. The van der Waals surface area contributed by atoms with Gasteiger partial charge in [-0.2, -0.15) is 0 Å². The molecule has 2 N–H and O–H groups in total. The Bertz CT molecular complexity index is 394. The molecular weight excluding hydrogens is 210 g/mol. The van der Waals surface area contributed by atoms with Gasteiger partial charge in [0.25, 0.3) is 0 Å². The Balaban J connectivity index is 2.36. The van der Waals surface area contributed by atoms with Crippen molar-refractivity contribution in [1.82, 2.24) is 9.55 Å². The van der Waals surface area contributed by atoms with Crippen molar-refractivity contribution in [2.24, 2.45) is 0 Å². The molecule has 3 nitrogen and oxygen atoms in total. The van der Waals surface area contributed by atoms with Crippen LogP contribution in [-0.4, -0.2) is 9.55 Å². The van der Waals surface area contributed by atoms with Gasteiger partial charge in [-0.05, 0) is 25.7 Å². The van der Waals surface area contributed by atoms with Gasteiger partial charge in [0.05, 0.1) is 5.69 Å². The van der Waals surface area contributed by atoms with Crippen molar-refractivity contribution in [2.45, 2.75) is 71.3 Å². The van der Waals surface area contributed by atoms with Gasteiger partial charge in [-0.15, -0.1) is 0 Å². The van der Waals surface area contributed by atoms with Gasteiger partial charge in [-0.1, -0.05) is 34.1 Å². The third-order valence-electron chi connectivity index (χ3n) is 3.37. The summed E-state index contributed by atoms with van der Waals surface area (Å²) in [4.78, 5) is 4.82. The van der Waals surface area contributed by atoms with Crippen LogP contribution in [0.1, 0.15) is 70.9 Å². The maximum atomic E-state index is 6.28. The van der Waals surface area contributed by atoms with Crippen molar-refractivity contribution in [3.05, 3.63) is 11.5 Å². The number of aryl methyl sites for hydroxylation is 1. The molecule has 0 atom stereocenters. The molecule has 0 aromatic carbocycles. The fraction of sp³-hybridized carbons (Fsp3) is 0.786. The van der Waals surface area contributed by atoms with Crippen molar-refractivity contribution in [1.29, 1.82) is 0 Å². The Morgan fingerprint density at radius 1 is 1.35 bits per heavy atom. The van der Waals surface area contributed by atoms with Crippen LogP contribution in [-0.2, 0) is 11.8 Å². The maximum absolute atomic E-state index is 6.28. The first kappa shape index (κ1) is 12.5. The molecule has 1 fully saturated rings. The van der Waals surface area contributed by atoms with E-state index in [1.165, 1.54) is 31.5 Å². The number of nitrogens with two attached hydrogens (primary N) is 1. The molecule has 1 heterocycles. The summed E-state index contributed by atoms with van der Waals surface area (Å²) in [5.74, 6) is 2.09. The van der Waals surface area contributed by atoms with Crippen molar-refractivity contribution in [3.8, 4) is 0 Å². The van der Waals surface area contributed by atoms with Gasteiger partial charge in [0.15, 0.2) is 0 Å². The number of aromatic nitrogens is 2. The Morgan fingerprint density at radius 3 is 2.47 bits per heavy atom. The number of nitrogens with zero attached hydrogens (tertiary/aromatic N) is 2. The SMILES string of the molecule is CCCCc1nc(C(C)(C)C)n(C2CC2)c1N. The summed E-state index contributed by atoms with van der Waals surface area (Å²) in [6.07, 6.45) is 5.91. The van der Waals surface area contributed by atoms with Gasteiger partial charge in [0, 0.05) is 11.5 Å². The molecule has 0 spiro atoms. The molecule has 0 aliphatic heterocycles. The maximum Gasteiger partial charge on any atom is 0.127 e. The molecule has 0 saturated heterocycles. The molecule has 1 aliphatic rings. The van der Waals surface area contributed by atoms with Gasteiger partial charge in [-0.3, -0.25) is 0 Å². The first-order valence-corrected chi connectivity index (χ1v) is 6.82. The average Bonchev–Trinajstić information content (AvgIpc) is 3.00. The second kappa shape index (κ2) is 4.35. The fourth-order valence-corrected chi connectivity index (χ4v) is 2.25. The number of rotatable bonds is 4. The van der Waals surface area contributed by atoms with Crippen LogP contribution in [0.15, 0.2) is 0 Å². The molecule has 1 aromatic rings. The molecule has 1 saturated carbocycles.